The van der Waals surface area contributed by atoms with Crippen LogP contribution in [0.15, 0.2) is 4.34 Å². The number of hydrogen-bond acceptors (Lipinski definition) is 18. The van der Waals surface area contributed by atoms with Gasteiger partial charge in [-0.25, -0.2) is 13.6 Å². The van der Waals surface area contributed by atoms with Gasteiger partial charge in [0.1, 0.15) is 0 Å². The van der Waals surface area contributed by atoms with Gasteiger partial charge in [0.05, 0.1) is 139 Å². The Morgan fingerprint density at radius 1 is 0.538 bits per heavy atom. The van der Waals surface area contributed by atoms with E-state index in [1.54, 1.807) is 0 Å². The number of sulfonamides is 1. The Hall–Kier alpha value is -2.52. The molecular weight excluding hydrogens is 738 g/mol. The average Bonchev–Trinajstić information content (AvgIpc) is 3.58. The van der Waals surface area contributed by atoms with Crippen LogP contribution in [-0.2, 0) is 71.8 Å². The fraction of sp³-hybridized carbons (Fsp3) is 0.828. The number of ether oxygens (including phenoxy) is 10. The van der Waals surface area contributed by atoms with Crippen molar-refractivity contribution >= 4 is 44.3 Å². The molecule has 0 fully saturated rings. The maximum atomic E-state index is 11.9. The topological polar surface area (TPSA) is 274 Å². The number of amides is 2. The number of hydrogen-bond donors (Lipinski definition) is 4. The molecule has 0 aliphatic heterocycles. The van der Waals surface area contributed by atoms with Gasteiger partial charge in [-0.05, 0) is 0 Å². The van der Waals surface area contributed by atoms with Crippen LogP contribution in [0.3, 0.4) is 0 Å². The summed E-state index contributed by atoms with van der Waals surface area (Å²) in [6.45, 7) is 8.31. The summed E-state index contributed by atoms with van der Waals surface area (Å²) < 4.78 is 75.7. The predicted molar refractivity (Wildman–Crippen MR) is 183 cm³/mol. The molecule has 0 saturated heterocycles. The summed E-state index contributed by atoms with van der Waals surface area (Å²) in [6, 6.07) is 0. The second-order valence-corrected chi connectivity index (χ2v) is 12.8. The number of nitrogens with two attached hydrogens (primary N) is 1. The molecule has 1 aromatic heterocycles. The predicted octanol–water partition coefficient (Wildman–Crippen LogP) is -1.34. The lowest BCUT2D eigenvalue weighted by Gasteiger charge is -2.09. The highest BCUT2D eigenvalue weighted by Crippen LogP contribution is 2.18. The lowest BCUT2D eigenvalue weighted by molar-refractivity contribution is -0.138. The van der Waals surface area contributed by atoms with Gasteiger partial charge in [-0.15, -0.1) is 10.2 Å². The van der Waals surface area contributed by atoms with Gasteiger partial charge in [0, 0.05) is 19.4 Å². The second kappa shape index (κ2) is 33.1. The molecule has 0 bridgehead atoms. The SMILES string of the molecule is NS(=O)(=O)c1nnc(NC(=O)CCC(=O)NCCOCCOCCOCCOCCOCCOCCOCCOCCOCCOCCC(=O)O)s1. The fourth-order valence-corrected chi connectivity index (χ4v) is 4.73. The molecule has 0 aliphatic rings. The van der Waals surface area contributed by atoms with Crippen LogP contribution >= 0.6 is 11.3 Å². The summed E-state index contributed by atoms with van der Waals surface area (Å²) in [5.41, 5.74) is 0. The molecule has 0 radical (unpaired) electrons. The van der Waals surface area contributed by atoms with E-state index in [9.17, 15) is 22.8 Å². The molecule has 302 valence electrons. The Morgan fingerprint density at radius 2 is 0.885 bits per heavy atom. The molecule has 23 heteroatoms. The number of nitrogens with one attached hydrogen (secondary N) is 2. The fourth-order valence-electron chi connectivity index (χ4n) is 3.38. The zero-order chi connectivity index (χ0) is 38.0. The van der Waals surface area contributed by atoms with Crippen LogP contribution in [0, 0.1) is 0 Å². The number of aromatic nitrogens is 2. The van der Waals surface area contributed by atoms with Gasteiger partial charge < -0.3 is 63.1 Å². The maximum Gasteiger partial charge on any atom is 0.305 e. The zero-order valence-electron chi connectivity index (χ0n) is 29.3. The van der Waals surface area contributed by atoms with Crippen molar-refractivity contribution in [1.82, 2.24) is 15.5 Å². The molecule has 0 aliphatic carbocycles. The number of anilines is 1. The molecule has 0 aromatic carbocycles. The van der Waals surface area contributed by atoms with E-state index >= 15 is 0 Å². The van der Waals surface area contributed by atoms with Crippen molar-refractivity contribution in [2.75, 3.05) is 144 Å². The summed E-state index contributed by atoms with van der Waals surface area (Å²) >= 11 is 0.616. The van der Waals surface area contributed by atoms with Crippen LogP contribution in [0.5, 0.6) is 0 Å². The largest absolute Gasteiger partial charge is 0.481 e. The molecule has 0 unspecified atom stereocenters. The minimum Gasteiger partial charge on any atom is -0.481 e. The average molecular weight is 792 g/mol. The van der Waals surface area contributed by atoms with Crippen molar-refractivity contribution in [2.24, 2.45) is 5.14 Å². The van der Waals surface area contributed by atoms with Gasteiger partial charge in [0.2, 0.25) is 21.3 Å². The smallest absolute Gasteiger partial charge is 0.305 e. The molecule has 2 amide bonds. The third kappa shape index (κ3) is 31.0. The highest BCUT2D eigenvalue weighted by Gasteiger charge is 2.16. The maximum absolute atomic E-state index is 11.9. The molecule has 5 N–H and O–H groups in total. The van der Waals surface area contributed by atoms with Gasteiger partial charge in [-0.2, -0.15) is 0 Å². The summed E-state index contributed by atoms with van der Waals surface area (Å²) in [4.78, 5) is 34.1. The summed E-state index contributed by atoms with van der Waals surface area (Å²) in [5.74, 6) is -1.74. The number of nitrogens with zero attached hydrogens (tertiary/aromatic N) is 2. The Labute approximate surface area is 307 Å². The monoisotopic (exact) mass is 791 g/mol. The highest BCUT2D eigenvalue weighted by molar-refractivity contribution is 7.91. The van der Waals surface area contributed by atoms with Gasteiger partial charge in [-0.1, -0.05) is 11.3 Å². The molecule has 21 nitrogen and oxygen atoms in total. The second-order valence-electron chi connectivity index (χ2n) is 10.1. The van der Waals surface area contributed by atoms with E-state index in [1.807, 2.05) is 0 Å². The minimum absolute atomic E-state index is 0.0166. The van der Waals surface area contributed by atoms with E-state index < -0.39 is 26.2 Å². The van der Waals surface area contributed by atoms with Crippen LogP contribution in [0.2, 0.25) is 0 Å². The third-order valence-corrected chi connectivity index (χ3v) is 8.00. The van der Waals surface area contributed by atoms with E-state index in [2.05, 4.69) is 20.8 Å². The van der Waals surface area contributed by atoms with Crippen molar-refractivity contribution in [2.45, 2.75) is 23.6 Å². The highest BCUT2D eigenvalue weighted by atomic mass is 32.2. The standard InChI is InChI=1S/C29H53N5O16S2/c30-52(39,40)29-34-33-28(51-29)32-26(36)2-1-25(35)31-4-6-42-8-10-44-12-14-46-16-18-48-20-22-50-24-23-49-21-19-47-17-15-45-13-11-43-9-7-41-5-3-27(37)38/h1-24H2,(H,31,35)(H,37,38)(H2,30,39,40)(H,32,33,36). The number of aliphatic carboxylic acids is 1. The molecule has 1 heterocycles. The third-order valence-electron chi connectivity index (χ3n) is 5.85. The van der Waals surface area contributed by atoms with Crippen LogP contribution in [-0.4, -0.2) is 180 Å². The van der Waals surface area contributed by atoms with E-state index in [4.69, 9.17) is 57.6 Å². The van der Waals surface area contributed by atoms with Gasteiger partial charge in [0.15, 0.2) is 0 Å². The van der Waals surface area contributed by atoms with Gasteiger partial charge >= 0.3 is 5.97 Å². The first-order chi connectivity index (χ1) is 25.2. The zero-order valence-corrected chi connectivity index (χ0v) is 31.0. The van der Waals surface area contributed by atoms with E-state index in [-0.39, 0.29) is 50.1 Å². The molecular formula is C29H53N5O16S2. The van der Waals surface area contributed by atoms with Crippen molar-refractivity contribution in [3.8, 4) is 0 Å². The first kappa shape index (κ1) is 47.5. The van der Waals surface area contributed by atoms with E-state index in [0.29, 0.717) is 130 Å². The van der Waals surface area contributed by atoms with Gasteiger partial charge in [-0.3, -0.25) is 14.4 Å². The Balaban J connectivity index is 1.71. The summed E-state index contributed by atoms with van der Waals surface area (Å²) in [7, 11) is -4.00. The van der Waals surface area contributed by atoms with Crippen LogP contribution in [0.1, 0.15) is 19.3 Å². The molecule has 52 heavy (non-hydrogen) atoms. The number of carbonyl (C=O) groups excluding carboxylic acids is 2. The van der Waals surface area contributed by atoms with E-state index in [1.165, 1.54) is 0 Å². The Morgan fingerprint density at radius 3 is 1.23 bits per heavy atom. The Kier molecular flexibility index (Phi) is 30.2. The molecule has 0 atom stereocenters. The number of rotatable bonds is 38. The van der Waals surface area contributed by atoms with Crippen molar-refractivity contribution in [3.63, 3.8) is 0 Å². The molecule has 0 spiro atoms. The summed E-state index contributed by atoms with van der Waals surface area (Å²) in [6.07, 6.45) is -0.210. The minimum atomic E-state index is -4.00. The van der Waals surface area contributed by atoms with Gasteiger partial charge in [0.25, 0.3) is 10.0 Å². The van der Waals surface area contributed by atoms with Crippen molar-refractivity contribution in [1.29, 1.82) is 0 Å². The molecule has 1 rings (SSSR count). The number of primary sulfonamides is 1. The molecule has 0 saturated carbocycles. The van der Waals surface area contributed by atoms with Crippen molar-refractivity contribution in [3.05, 3.63) is 0 Å². The first-order valence-electron chi connectivity index (χ1n) is 16.6. The van der Waals surface area contributed by atoms with E-state index in [0.717, 1.165) is 0 Å². The molecule has 1 aromatic rings. The van der Waals surface area contributed by atoms with Crippen LogP contribution < -0.4 is 15.8 Å². The summed E-state index contributed by atoms with van der Waals surface area (Å²) in [5, 5.41) is 25.3. The lowest BCUT2D eigenvalue weighted by Crippen LogP contribution is -2.28. The quantitative estimate of drug-likeness (QED) is 0.0446. The first-order valence-corrected chi connectivity index (χ1v) is 19.0. The lowest BCUT2D eigenvalue weighted by atomic mass is 10.3. The number of carboxylic acids is 1. The van der Waals surface area contributed by atoms with Crippen LogP contribution in [0.4, 0.5) is 5.13 Å². The van der Waals surface area contributed by atoms with Crippen LogP contribution in [0.25, 0.3) is 0 Å². The van der Waals surface area contributed by atoms with Crippen molar-refractivity contribution < 1.29 is 75.3 Å². The Bertz CT molecular complexity index is 1160. The normalized spacial score (nSPS) is 11.6. The number of carbonyl (C=O) groups is 3. The number of carboxylic acid groups (broad SMARTS) is 1.